The first-order chi connectivity index (χ1) is 19.5. The molecular weight excluding hydrogens is 532 g/mol. The summed E-state index contributed by atoms with van der Waals surface area (Å²) in [6, 6.07) is 9.94. The molecule has 2 fully saturated rings. The Hall–Kier alpha value is -2.16. The van der Waals surface area contributed by atoms with Crippen LogP contribution in [0.1, 0.15) is 120 Å². The van der Waals surface area contributed by atoms with Gasteiger partial charge in [-0.2, -0.15) is 5.06 Å². The molecule has 238 valence electrons. The Labute approximate surface area is 254 Å². The fourth-order valence-electron chi connectivity index (χ4n) is 6.69. The van der Waals surface area contributed by atoms with E-state index in [2.05, 4.69) is 46.6 Å². The van der Waals surface area contributed by atoms with Gasteiger partial charge in [0.25, 0.3) is 0 Å². The number of hydroxylamine groups is 4. The summed E-state index contributed by atoms with van der Waals surface area (Å²) < 4.78 is 11.8. The molecule has 0 radical (unpaired) electrons. The molecule has 2 heterocycles. The molecule has 42 heavy (non-hydrogen) atoms. The maximum Gasteiger partial charge on any atom is 0.306 e. The van der Waals surface area contributed by atoms with Gasteiger partial charge in [0.2, 0.25) is 0 Å². The zero-order chi connectivity index (χ0) is 31.3. The highest BCUT2D eigenvalue weighted by Crippen LogP contribution is 2.42. The van der Waals surface area contributed by atoms with Gasteiger partial charge in [0.05, 0.1) is 11.6 Å². The van der Waals surface area contributed by atoms with Gasteiger partial charge in [-0.15, -0.1) is 5.06 Å². The number of rotatable bonds is 12. The Balaban J connectivity index is 1.41. The first kappa shape index (κ1) is 34.3. The summed E-state index contributed by atoms with van der Waals surface area (Å²) >= 11 is 0. The number of ether oxygens (including phenoxy) is 2. The van der Waals surface area contributed by atoms with Crippen LogP contribution in [0.4, 0.5) is 0 Å². The third kappa shape index (κ3) is 8.70. The minimum atomic E-state index is -0.474. The van der Waals surface area contributed by atoms with Crippen molar-refractivity contribution in [3.05, 3.63) is 30.3 Å². The van der Waals surface area contributed by atoms with Crippen LogP contribution in [0.2, 0.25) is 0 Å². The quantitative estimate of drug-likeness (QED) is 0.201. The lowest BCUT2D eigenvalue weighted by atomic mass is 9.73. The lowest BCUT2D eigenvalue weighted by molar-refractivity contribution is -0.275. The van der Waals surface area contributed by atoms with Crippen molar-refractivity contribution in [3.63, 3.8) is 0 Å². The summed E-state index contributed by atoms with van der Waals surface area (Å²) in [5, 5.41) is 14.4. The molecule has 0 spiro atoms. The molecular formula is C34H56N2O6. The predicted molar refractivity (Wildman–Crippen MR) is 164 cm³/mol. The molecule has 8 heteroatoms. The van der Waals surface area contributed by atoms with Crippen LogP contribution in [0, 0.1) is 11.8 Å². The van der Waals surface area contributed by atoms with Crippen molar-refractivity contribution in [2.45, 2.75) is 155 Å². The highest BCUT2D eigenvalue weighted by Gasteiger charge is 2.50. The molecule has 1 aromatic carbocycles. The van der Waals surface area contributed by atoms with Crippen molar-refractivity contribution in [1.82, 2.24) is 10.1 Å². The van der Waals surface area contributed by atoms with E-state index < -0.39 is 11.1 Å². The zero-order valence-corrected chi connectivity index (χ0v) is 27.5. The number of hydrogen-bond acceptors (Lipinski definition) is 8. The van der Waals surface area contributed by atoms with Gasteiger partial charge in [-0.05, 0) is 71.4 Å². The number of unbranched alkanes of at least 4 members (excludes halogenated alkanes) is 2. The molecule has 1 aromatic rings. The van der Waals surface area contributed by atoms with Crippen LogP contribution in [-0.2, 0) is 19.1 Å². The molecule has 0 aliphatic carbocycles. The second-order valence-corrected chi connectivity index (χ2v) is 14.6. The summed E-state index contributed by atoms with van der Waals surface area (Å²) in [5.41, 5.74) is -1.23. The number of hydrogen-bond donors (Lipinski definition) is 1. The summed E-state index contributed by atoms with van der Waals surface area (Å²) in [5.74, 6) is 0.965. The van der Waals surface area contributed by atoms with E-state index in [4.69, 9.17) is 14.3 Å². The van der Waals surface area contributed by atoms with Gasteiger partial charge >= 0.3 is 11.9 Å². The molecule has 2 aliphatic heterocycles. The Bertz CT molecular complexity index is 1030. The molecule has 8 nitrogen and oxygen atoms in total. The van der Waals surface area contributed by atoms with E-state index in [1.165, 1.54) is 5.06 Å². The van der Waals surface area contributed by atoms with Crippen molar-refractivity contribution in [3.8, 4) is 5.75 Å². The molecule has 1 N–H and O–H groups in total. The summed E-state index contributed by atoms with van der Waals surface area (Å²) in [6.45, 7) is 18.8. The second-order valence-electron chi connectivity index (χ2n) is 14.6. The fourth-order valence-corrected chi connectivity index (χ4v) is 6.69. The monoisotopic (exact) mass is 588 g/mol. The minimum Gasteiger partial charge on any atom is -0.462 e. The predicted octanol–water partition coefficient (Wildman–Crippen LogP) is 7.33. The smallest absolute Gasteiger partial charge is 0.306 e. The third-order valence-corrected chi connectivity index (χ3v) is 9.37. The number of carbonyl (C=O) groups excluding carboxylic acids is 2. The number of piperidine rings is 2. The van der Waals surface area contributed by atoms with Gasteiger partial charge in [-0.3, -0.25) is 9.59 Å². The third-order valence-electron chi connectivity index (χ3n) is 9.37. The van der Waals surface area contributed by atoms with Crippen LogP contribution in [-0.4, -0.2) is 62.1 Å². The standard InChI is InChI=1S/C34H56N2O6/c1-24(2)29-20-27(21-32(5,6)35(29)42-26-16-12-10-13-17-26)40-30(37)18-14-11-15-19-31(38)41-28-22-33(7,8)36(39)34(9,23-28)25(3)4/h10,12-13,16-17,24-25,27-29,39H,11,14-15,18-23H2,1-9H3. The van der Waals surface area contributed by atoms with E-state index in [1.807, 2.05) is 51.1 Å². The molecule has 0 aromatic heterocycles. The summed E-state index contributed by atoms with van der Waals surface area (Å²) in [7, 11) is 0. The first-order valence-electron chi connectivity index (χ1n) is 16.0. The number of nitrogens with zero attached hydrogens (tertiary/aromatic N) is 2. The van der Waals surface area contributed by atoms with Crippen molar-refractivity contribution >= 4 is 11.9 Å². The molecule has 0 saturated carbocycles. The van der Waals surface area contributed by atoms with Crippen molar-refractivity contribution in [1.29, 1.82) is 0 Å². The maximum absolute atomic E-state index is 12.8. The number of para-hydroxylation sites is 1. The summed E-state index contributed by atoms with van der Waals surface area (Å²) in [6.07, 6.45) is 5.04. The van der Waals surface area contributed by atoms with Crippen LogP contribution in [0.25, 0.3) is 0 Å². The lowest BCUT2D eigenvalue weighted by Gasteiger charge is -2.54. The van der Waals surface area contributed by atoms with E-state index in [0.717, 1.165) is 18.6 Å². The molecule has 4 unspecified atom stereocenters. The fraction of sp³-hybridized carbons (Fsp3) is 0.765. The Morgan fingerprint density at radius 3 is 1.93 bits per heavy atom. The van der Waals surface area contributed by atoms with Gasteiger partial charge in [0, 0.05) is 49.6 Å². The maximum atomic E-state index is 12.8. The Morgan fingerprint density at radius 2 is 1.38 bits per heavy atom. The number of benzene rings is 1. The average molecular weight is 589 g/mol. The normalized spacial score (nSPS) is 28.0. The van der Waals surface area contributed by atoms with Crippen LogP contribution < -0.4 is 4.84 Å². The minimum absolute atomic E-state index is 0.117. The van der Waals surface area contributed by atoms with E-state index >= 15 is 0 Å². The molecule has 2 saturated heterocycles. The van der Waals surface area contributed by atoms with Gasteiger partial charge in [-0.1, -0.05) is 52.3 Å². The van der Waals surface area contributed by atoms with Gasteiger partial charge in [-0.25, -0.2) is 0 Å². The average Bonchev–Trinajstić information content (AvgIpc) is 2.88. The molecule has 3 rings (SSSR count). The summed E-state index contributed by atoms with van der Waals surface area (Å²) in [4.78, 5) is 31.7. The van der Waals surface area contributed by atoms with Gasteiger partial charge in [0.15, 0.2) is 0 Å². The van der Waals surface area contributed by atoms with E-state index in [1.54, 1.807) is 0 Å². The number of esters is 2. The van der Waals surface area contributed by atoms with Gasteiger partial charge < -0.3 is 19.5 Å². The van der Waals surface area contributed by atoms with Crippen LogP contribution in [0.5, 0.6) is 5.75 Å². The highest BCUT2D eigenvalue weighted by molar-refractivity contribution is 5.70. The highest BCUT2D eigenvalue weighted by atomic mass is 16.7. The first-order valence-corrected chi connectivity index (χ1v) is 16.0. The van der Waals surface area contributed by atoms with Crippen LogP contribution in [0.15, 0.2) is 30.3 Å². The van der Waals surface area contributed by atoms with Crippen molar-refractivity contribution in [2.75, 3.05) is 0 Å². The molecule has 0 bridgehead atoms. The Kier molecular flexibility index (Phi) is 11.5. The van der Waals surface area contributed by atoms with Crippen LogP contribution >= 0.6 is 0 Å². The van der Waals surface area contributed by atoms with Crippen LogP contribution in [0.3, 0.4) is 0 Å². The molecule has 0 amide bonds. The topological polar surface area (TPSA) is 88.5 Å². The SMILES string of the molecule is CC(C)C1CC(OC(=O)CCCCCC(=O)OC2CC(C)(C)N(O)C(C)(C(C)C)C2)CC(C)(C)N1Oc1ccccc1. The molecule has 4 atom stereocenters. The van der Waals surface area contributed by atoms with E-state index in [9.17, 15) is 14.8 Å². The van der Waals surface area contributed by atoms with E-state index in [0.29, 0.717) is 50.9 Å². The Morgan fingerprint density at radius 1 is 0.833 bits per heavy atom. The van der Waals surface area contributed by atoms with Gasteiger partial charge in [0.1, 0.15) is 18.0 Å². The second kappa shape index (κ2) is 14.1. The zero-order valence-electron chi connectivity index (χ0n) is 27.5. The van der Waals surface area contributed by atoms with E-state index in [-0.39, 0.29) is 41.6 Å². The largest absolute Gasteiger partial charge is 0.462 e. The van der Waals surface area contributed by atoms with Crippen molar-refractivity contribution < 1.29 is 29.1 Å². The number of carbonyl (C=O) groups is 2. The lowest BCUT2D eigenvalue weighted by Crippen LogP contribution is -2.64. The van der Waals surface area contributed by atoms with Crippen molar-refractivity contribution in [2.24, 2.45) is 11.8 Å². The molecule has 2 aliphatic rings.